The highest BCUT2D eigenvalue weighted by atomic mass is 35.5. The first-order valence-corrected chi connectivity index (χ1v) is 11.4. The predicted octanol–water partition coefficient (Wildman–Crippen LogP) is 4.50. The highest BCUT2D eigenvalue weighted by molar-refractivity contribution is 7.92. The molecular formula is C23H23ClN2O5S. The molecule has 0 atom stereocenters. The van der Waals surface area contributed by atoms with Crippen molar-refractivity contribution in [3.8, 4) is 11.5 Å². The van der Waals surface area contributed by atoms with Crippen LogP contribution in [0.1, 0.15) is 5.56 Å². The Bertz CT molecular complexity index is 1210. The van der Waals surface area contributed by atoms with Gasteiger partial charge in [0.05, 0.1) is 35.5 Å². The summed E-state index contributed by atoms with van der Waals surface area (Å²) < 4.78 is 38.7. The number of halogens is 1. The van der Waals surface area contributed by atoms with Crippen LogP contribution in [0.2, 0.25) is 5.02 Å². The third-order valence-electron chi connectivity index (χ3n) is 4.70. The number of amides is 1. The summed E-state index contributed by atoms with van der Waals surface area (Å²) in [5.41, 5.74) is 1.49. The third-order valence-corrected chi connectivity index (χ3v) is 6.80. The van der Waals surface area contributed by atoms with E-state index in [4.69, 9.17) is 21.1 Å². The lowest BCUT2D eigenvalue weighted by Crippen LogP contribution is -2.38. The van der Waals surface area contributed by atoms with Crippen molar-refractivity contribution < 1.29 is 22.7 Å². The molecule has 1 amide bonds. The number of carbonyl (C=O) groups excluding carboxylic acids is 1. The number of carbonyl (C=O) groups is 1. The fraction of sp³-hybridized carbons (Fsp3) is 0.174. The number of ether oxygens (including phenoxy) is 2. The van der Waals surface area contributed by atoms with Gasteiger partial charge in [0.1, 0.15) is 18.0 Å². The molecular weight excluding hydrogens is 452 g/mol. The predicted molar refractivity (Wildman–Crippen MR) is 125 cm³/mol. The number of sulfonamides is 1. The standard InChI is InChI=1S/C23H23ClN2O5S/c1-16-8-11-18(12-9-16)32(28,29)26(21-13-10-17(30-2)14-22(21)31-3)15-23(27)25-20-7-5-4-6-19(20)24/h4-14H,15H2,1-3H3,(H,25,27). The van der Waals surface area contributed by atoms with Gasteiger partial charge in [-0.1, -0.05) is 41.4 Å². The van der Waals surface area contributed by atoms with Crippen molar-refractivity contribution in [2.75, 3.05) is 30.4 Å². The van der Waals surface area contributed by atoms with E-state index >= 15 is 0 Å². The normalized spacial score (nSPS) is 11.0. The Labute approximate surface area is 192 Å². The maximum Gasteiger partial charge on any atom is 0.264 e. The molecule has 0 aliphatic rings. The second-order valence-corrected chi connectivity index (χ2v) is 9.16. The van der Waals surface area contributed by atoms with Gasteiger partial charge >= 0.3 is 0 Å². The number of para-hydroxylation sites is 1. The second kappa shape index (κ2) is 9.93. The first-order chi connectivity index (χ1) is 15.3. The van der Waals surface area contributed by atoms with Gasteiger partial charge in [-0.15, -0.1) is 0 Å². The number of nitrogens with one attached hydrogen (secondary N) is 1. The van der Waals surface area contributed by atoms with Crippen LogP contribution in [0.4, 0.5) is 11.4 Å². The van der Waals surface area contributed by atoms with Crippen LogP contribution in [0.25, 0.3) is 0 Å². The number of rotatable bonds is 8. The van der Waals surface area contributed by atoms with Gasteiger partial charge in [0, 0.05) is 6.07 Å². The van der Waals surface area contributed by atoms with Crippen molar-refractivity contribution in [1.29, 1.82) is 0 Å². The number of hydrogen-bond acceptors (Lipinski definition) is 5. The smallest absolute Gasteiger partial charge is 0.264 e. The molecule has 0 fully saturated rings. The van der Waals surface area contributed by atoms with E-state index in [2.05, 4.69) is 5.32 Å². The van der Waals surface area contributed by atoms with Crippen LogP contribution < -0.4 is 19.1 Å². The Morgan fingerprint density at radius 2 is 1.69 bits per heavy atom. The first-order valence-electron chi connectivity index (χ1n) is 9.62. The zero-order valence-corrected chi connectivity index (χ0v) is 19.4. The Balaban J connectivity index is 2.04. The van der Waals surface area contributed by atoms with Crippen molar-refractivity contribution in [2.24, 2.45) is 0 Å². The number of methoxy groups -OCH3 is 2. The fourth-order valence-corrected chi connectivity index (χ4v) is 4.63. The molecule has 0 heterocycles. The zero-order valence-electron chi connectivity index (χ0n) is 17.8. The molecule has 0 aromatic heterocycles. The van der Waals surface area contributed by atoms with Crippen LogP contribution >= 0.6 is 11.6 Å². The number of anilines is 2. The minimum Gasteiger partial charge on any atom is -0.497 e. The molecule has 0 bridgehead atoms. The summed E-state index contributed by atoms with van der Waals surface area (Å²) in [5.74, 6) is 0.163. The summed E-state index contributed by atoms with van der Waals surface area (Å²) in [4.78, 5) is 12.9. The second-order valence-electron chi connectivity index (χ2n) is 6.89. The van der Waals surface area contributed by atoms with E-state index in [0.717, 1.165) is 9.87 Å². The van der Waals surface area contributed by atoms with Gasteiger partial charge in [-0.3, -0.25) is 9.10 Å². The maximum absolute atomic E-state index is 13.6. The molecule has 0 saturated heterocycles. The van der Waals surface area contributed by atoms with E-state index in [1.807, 2.05) is 6.92 Å². The minimum absolute atomic E-state index is 0.0477. The number of aryl methyl sites for hydroxylation is 1. The van der Waals surface area contributed by atoms with Crippen molar-refractivity contribution >= 4 is 38.9 Å². The van der Waals surface area contributed by atoms with Crippen LogP contribution in [0.3, 0.4) is 0 Å². The Morgan fingerprint density at radius 3 is 2.31 bits per heavy atom. The van der Waals surface area contributed by atoms with Crippen molar-refractivity contribution in [3.63, 3.8) is 0 Å². The molecule has 3 aromatic rings. The maximum atomic E-state index is 13.6. The monoisotopic (exact) mass is 474 g/mol. The van der Waals surface area contributed by atoms with E-state index in [-0.39, 0.29) is 16.3 Å². The van der Waals surface area contributed by atoms with Gasteiger partial charge in [-0.05, 0) is 43.3 Å². The summed E-state index contributed by atoms with van der Waals surface area (Å²) in [6.07, 6.45) is 0. The van der Waals surface area contributed by atoms with Crippen LogP contribution in [-0.4, -0.2) is 35.1 Å². The number of benzene rings is 3. The van der Waals surface area contributed by atoms with E-state index in [0.29, 0.717) is 16.5 Å². The molecule has 1 N–H and O–H groups in total. The summed E-state index contributed by atoms with van der Waals surface area (Å²) in [7, 11) is -1.19. The SMILES string of the molecule is COc1ccc(N(CC(=O)Nc2ccccc2Cl)S(=O)(=O)c2ccc(C)cc2)c(OC)c1. The largest absolute Gasteiger partial charge is 0.497 e. The minimum atomic E-state index is -4.10. The Morgan fingerprint density at radius 1 is 1.00 bits per heavy atom. The molecule has 32 heavy (non-hydrogen) atoms. The molecule has 0 radical (unpaired) electrons. The lowest BCUT2D eigenvalue weighted by Gasteiger charge is -2.26. The average Bonchev–Trinajstić information content (AvgIpc) is 2.79. The number of hydrogen-bond donors (Lipinski definition) is 1. The summed E-state index contributed by atoms with van der Waals surface area (Å²) in [6, 6.07) is 17.8. The van der Waals surface area contributed by atoms with Gasteiger partial charge in [0.2, 0.25) is 5.91 Å². The van der Waals surface area contributed by atoms with Crippen molar-refractivity contribution in [1.82, 2.24) is 0 Å². The lowest BCUT2D eigenvalue weighted by atomic mass is 10.2. The van der Waals surface area contributed by atoms with Gasteiger partial charge in [0.15, 0.2) is 0 Å². The van der Waals surface area contributed by atoms with Crippen LogP contribution in [-0.2, 0) is 14.8 Å². The van der Waals surface area contributed by atoms with Crippen molar-refractivity contribution in [3.05, 3.63) is 77.3 Å². The molecule has 0 saturated carbocycles. The highest BCUT2D eigenvalue weighted by Gasteiger charge is 2.30. The van der Waals surface area contributed by atoms with Gasteiger partial charge < -0.3 is 14.8 Å². The molecule has 3 aromatic carbocycles. The molecule has 3 rings (SSSR count). The van der Waals surface area contributed by atoms with E-state index in [1.54, 1.807) is 48.5 Å². The first kappa shape index (κ1) is 23.4. The third kappa shape index (κ3) is 5.15. The average molecular weight is 475 g/mol. The molecule has 0 aliphatic heterocycles. The summed E-state index contributed by atoms with van der Waals surface area (Å²) in [6.45, 7) is 1.36. The molecule has 0 unspecified atom stereocenters. The molecule has 0 spiro atoms. The highest BCUT2D eigenvalue weighted by Crippen LogP contribution is 2.35. The Hall–Kier alpha value is -3.23. The zero-order chi connectivity index (χ0) is 23.3. The summed E-state index contributed by atoms with van der Waals surface area (Å²) in [5, 5.41) is 3.00. The van der Waals surface area contributed by atoms with Crippen LogP contribution in [0.15, 0.2) is 71.6 Å². The summed E-state index contributed by atoms with van der Waals surface area (Å²) >= 11 is 6.12. The molecule has 9 heteroatoms. The van der Waals surface area contributed by atoms with Crippen molar-refractivity contribution in [2.45, 2.75) is 11.8 Å². The van der Waals surface area contributed by atoms with E-state index in [1.165, 1.54) is 32.4 Å². The van der Waals surface area contributed by atoms with Gasteiger partial charge in [0.25, 0.3) is 10.0 Å². The number of nitrogens with zero attached hydrogens (tertiary/aromatic N) is 1. The lowest BCUT2D eigenvalue weighted by molar-refractivity contribution is -0.114. The van der Waals surface area contributed by atoms with Gasteiger partial charge in [-0.2, -0.15) is 0 Å². The van der Waals surface area contributed by atoms with E-state index in [9.17, 15) is 13.2 Å². The Kier molecular flexibility index (Phi) is 7.27. The van der Waals surface area contributed by atoms with Crippen LogP contribution in [0.5, 0.6) is 11.5 Å². The van der Waals surface area contributed by atoms with E-state index < -0.39 is 22.5 Å². The quantitative estimate of drug-likeness (QED) is 0.519. The topological polar surface area (TPSA) is 84.9 Å². The molecule has 7 nitrogen and oxygen atoms in total. The molecule has 168 valence electrons. The van der Waals surface area contributed by atoms with Gasteiger partial charge in [-0.25, -0.2) is 8.42 Å². The van der Waals surface area contributed by atoms with Crippen LogP contribution in [0, 0.1) is 6.92 Å². The molecule has 0 aliphatic carbocycles. The fourth-order valence-electron chi connectivity index (χ4n) is 3.01.